The van der Waals surface area contributed by atoms with Crippen LogP contribution in [-0.2, 0) is 0 Å². The van der Waals surface area contributed by atoms with Gasteiger partial charge in [-0.2, -0.15) is 0 Å². The Morgan fingerprint density at radius 2 is 1.00 bits per heavy atom. The lowest BCUT2D eigenvalue weighted by Gasteiger charge is -2.26. The number of fused-ring (bicyclic) bond motifs is 8. The molecule has 0 radical (unpaired) electrons. The molecule has 0 saturated heterocycles. The minimum Gasteiger partial charge on any atom is -0.311 e. The Morgan fingerprint density at radius 3 is 1.78 bits per heavy atom. The van der Waals surface area contributed by atoms with Gasteiger partial charge in [-0.25, -0.2) is 0 Å². The third kappa shape index (κ3) is 4.55. The third-order valence-electron chi connectivity index (χ3n) is 9.76. The van der Waals surface area contributed by atoms with Crippen molar-refractivity contribution in [2.45, 2.75) is 0 Å². The molecule has 0 saturated carbocycles. The molecule has 0 atom stereocenters. The van der Waals surface area contributed by atoms with E-state index < -0.39 is 0 Å². The summed E-state index contributed by atoms with van der Waals surface area (Å²) in [6, 6.07) is 66.0. The molecule has 0 N–H and O–H groups in total. The molecular weight excluding hydrogens is 613 g/mol. The Morgan fingerprint density at radius 1 is 0.388 bits per heavy atom. The van der Waals surface area contributed by atoms with Crippen molar-refractivity contribution in [1.29, 1.82) is 0 Å². The second kappa shape index (κ2) is 11.2. The predicted molar refractivity (Wildman–Crippen MR) is 211 cm³/mol. The van der Waals surface area contributed by atoms with E-state index in [4.69, 9.17) is 0 Å². The topological polar surface area (TPSA) is 8.17 Å². The number of benzene rings is 8. The highest BCUT2D eigenvalue weighted by atomic mass is 32.1. The van der Waals surface area contributed by atoms with Gasteiger partial charge >= 0.3 is 0 Å². The first kappa shape index (κ1) is 27.9. The van der Waals surface area contributed by atoms with Crippen molar-refractivity contribution in [1.82, 2.24) is 4.57 Å². The van der Waals surface area contributed by atoms with Gasteiger partial charge in [-0.3, -0.25) is 0 Å². The number of thiophene rings is 1. The SMILES string of the molecule is c1ccc(-c2ccc(N(c3ccccc3)c3ccc(-n4c5ccccc5c5cc6c(ccc7sc8ccccc8c76)cc54)cc3)cc2)cc1. The average Bonchev–Trinajstić information content (AvgIpc) is 3.71. The van der Waals surface area contributed by atoms with Crippen LogP contribution in [0, 0.1) is 0 Å². The van der Waals surface area contributed by atoms with Gasteiger partial charge in [0.05, 0.1) is 11.0 Å². The molecule has 0 aliphatic carbocycles. The molecule has 2 aromatic heterocycles. The molecule has 0 aliphatic heterocycles. The Balaban J connectivity index is 1.12. The quantitative estimate of drug-likeness (QED) is 0.181. The van der Waals surface area contributed by atoms with E-state index in [1.807, 2.05) is 11.3 Å². The van der Waals surface area contributed by atoms with E-state index in [-0.39, 0.29) is 0 Å². The molecule has 0 unspecified atom stereocenters. The van der Waals surface area contributed by atoms with Crippen LogP contribution in [0.2, 0.25) is 0 Å². The van der Waals surface area contributed by atoms with Crippen molar-refractivity contribution in [3.63, 3.8) is 0 Å². The summed E-state index contributed by atoms with van der Waals surface area (Å²) in [4.78, 5) is 2.33. The van der Waals surface area contributed by atoms with E-state index in [1.165, 1.54) is 63.9 Å². The lowest BCUT2D eigenvalue weighted by Crippen LogP contribution is -2.10. The molecule has 8 aromatic carbocycles. The highest BCUT2D eigenvalue weighted by molar-refractivity contribution is 7.26. The van der Waals surface area contributed by atoms with E-state index in [2.05, 4.69) is 191 Å². The zero-order valence-corrected chi connectivity index (χ0v) is 27.4. The molecule has 0 amide bonds. The maximum absolute atomic E-state index is 2.43. The van der Waals surface area contributed by atoms with Crippen LogP contribution in [0.3, 0.4) is 0 Å². The van der Waals surface area contributed by atoms with Crippen LogP contribution in [0.25, 0.3) is 69.6 Å². The number of hydrogen-bond acceptors (Lipinski definition) is 2. The van der Waals surface area contributed by atoms with Crippen molar-refractivity contribution in [2.24, 2.45) is 0 Å². The van der Waals surface area contributed by atoms with Gasteiger partial charge in [0.25, 0.3) is 0 Å². The molecular formula is C46H30N2S. The fourth-order valence-corrected chi connectivity index (χ4v) is 8.62. The fraction of sp³-hybridized carbons (Fsp3) is 0. The van der Waals surface area contributed by atoms with E-state index in [0.717, 1.165) is 22.7 Å². The highest BCUT2D eigenvalue weighted by Crippen LogP contribution is 2.42. The summed E-state index contributed by atoms with van der Waals surface area (Å²) in [6.45, 7) is 0. The Kier molecular flexibility index (Phi) is 6.39. The van der Waals surface area contributed by atoms with Crippen LogP contribution in [0.15, 0.2) is 182 Å². The Bertz CT molecular complexity index is 2790. The minimum absolute atomic E-state index is 1.11. The maximum atomic E-state index is 2.43. The first-order chi connectivity index (χ1) is 24.3. The lowest BCUT2D eigenvalue weighted by molar-refractivity contribution is 1.17. The normalized spacial score (nSPS) is 11.7. The van der Waals surface area contributed by atoms with Crippen molar-refractivity contribution >= 4 is 81.1 Å². The number of para-hydroxylation sites is 2. The second-order valence-corrected chi connectivity index (χ2v) is 13.7. The summed E-state index contributed by atoms with van der Waals surface area (Å²) >= 11 is 1.88. The first-order valence-electron chi connectivity index (χ1n) is 16.7. The Labute approximate surface area is 288 Å². The van der Waals surface area contributed by atoms with Crippen LogP contribution < -0.4 is 4.90 Å². The van der Waals surface area contributed by atoms with E-state index in [1.54, 1.807) is 0 Å². The summed E-state index contributed by atoms with van der Waals surface area (Å²) in [5.41, 5.74) is 9.35. The molecule has 0 bridgehead atoms. The largest absolute Gasteiger partial charge is 0.311 e. The molecule has 0 aliphatic rings. The van der Waals surface area contributed by atoms with Crippen molar-refractivity contribution in [3.8, 4) is 16.8 Å². The first-order valence-corrected chi connectivity index (χ1v) is 17.5. The minimum atomic E-state index is 1.11. The standard InChI is InChI=1S/C46H30N2S/c1-3-11-31(12-4-1)32-19-22-35(23-20-32)47(34-13-5-2-6-14-34)36-24-26-37(27-25-36)48-42-17-9-7-15-38(42)41-30-40-33(29-43(41)48)21-28-45-46(40)39-16-8-10-18-44(39)49-45/h1-30H. The van der Waals surface area contributed by atoms with Crippen LogP contribution >= 0.6 is 11.3 Å². The predicted octanol–water partition coefficient (Wildman–Crippen LogP) is 13.4. The van der Waals surface area contributed by atoms with Gasteiger partial charge < -0.3 is 9.47 Å². The number of nitrogens with zero attached hydrogens (tertiary/aromatic N) is 2. The molecule has 49 heavy (non-hydrogen) atoms. The van der Waals surface area contributed by atoms with Gasteiger partial charge in [-0.1, -0.05) is 103 Å². The van der Waals surface area contributed by atoms with E-state index in [0.29, 0.717) is 0 Å². The summed E-state index contributed by atoms with van der Waals surface area (Å²) in [6.07, 6.45) is 0. The van der Waals surface area contributed by atoms with Crippen LogP contribution in [0.1, 0.15) is 0 Å². The zero-order chi connectivity index (χ0) is 32.3. The van der Waals surface area contributed by atoms with Gasteiger partial charge in [0.15, 0.2) is 0 Å². The van der Waals surface area contributed by atoms with E-state index >= 15 is 0 Å². The maximum Gasteiger partial charge on any atom is 0.0547 e. The average molecular weight is 643 g/mol. The van der Waals surface area contributed by atoms with Gasteiger partial charge in [0.2, 0.25) is 0 Å². The molecule has 3 heteroatoms. The van der Waals surface area contributed by atoms with Crippen LogP contribution in [0.4, 0.5) is 17.1 Å². The highest BCUT2D eigenvalue weighted by Gasteiger charge is 2.17. The molecule has 2 heterocycles. The van der Waals surface area contributed by atoms with Crippen molar-refractivity contribution in [3.05, 3.63) is 182 Å². The van der Waals surface area contributed by atoms with Crippen molar-refractivity contribution < 1.29 is 0 Å². The summed E-state index contributed by atoms with van der Waals surface area (Å²) in [7, 11) is 0. The van der Waals surface area contributed by atoms with Gasteiger partial charge in [0.1, 0.15) is 0 Å². The number of anilines is 3. The monoisotopic (exact) mass is 642 g/mol. The summed E-state index contributed by atoms with van der Waals surface area (Å²) in [5.74, 6) is 0. The number of rotatable bonds is 5. The fourth-order valence-electron chi connectivity index (χ4n) is 7.50. The second-order valence-electron chi connectivity index (χ2n) is 12.6. The zero-order valence-electron chi connectivity index (χ0n) is 26.6. The molecule has 230 valence electrons. The molecule has 10 aromatic rings. The smallest absolute Gasteiger partial charge is 0.0547 e. The Hall–Kier alpha value is -6.16. The van der Waals surface area contributed by atoms with Gasteiger partial charge in [-0.15, -0.1) is 11.3 Å². The van der Waals surface area contributed by atoms with Gasteiger partial charge in [-0.05, 0) is 101 Å². The van der Waals surface area contributed by atoms with Crippen LogP contribution in [-0.4, -0.2) is 4.57 Å². The summed E-state index contributed by atoms with van der Waals surface area (Å²) < 4.78 is 5.10. The van der Waals surface area contributed by atoms with Gasteiger partial charge in [0, 0.05) is 53.7 Å². The lowest BCUT2D eigenvalue weighted by atomic mass is 10.0. The number of hydrogen-bond donors (Lipinski definition) is 0. The summed E-state index contributed by atoms with van der Waals surface area (Å²) in [5, 5.41) is 7.82. The van der Waals surface area contributed by atoms with Crippen LogP contribution in [0.5, 0.6) is 0 Å². The molecule has 0 spiro atoms. The third-order valence-corrected chi connectivity index (χ3v) is 10.9. The van der Waals surface area contributed by atoms with E-state index in [9.17, 15) is 0 Å². The molecule has 0 fully saturated rings. The molecule has 10 rings (SSSR count). The number of aromatic nitrogens is 1. The van der Waals surface area contributed by atoms with Crippen molar-refractivity contribution in [2.75, 3.05) is 4.90 Å². The molecule has 2 nitrogen and oxygen atoms in total.